The molecule has 1 aromatic heterocycles. The van der Waals surface area contributed by atoms with E-state index in [1.54, 1.807) is 0 Å². The van der Waals surface area contributed by atoms with Crippen molar-refractivity contribution in [2.45, 2.75) is 18.4 Å². The quantitative estimate of drug-likeness (QED) is 0.797. The number of hydrogen-bond donors (Lipinski definition) is 2. The minimum atomic E-state index is -3.03. The van der Waals surface area contributed by atoms with Gasteiger partial charge >= 0.3 is 0 Å². The Hall–Kier alpha value is -0.400. The second kappa shape index (κ2) is 4.41. The molecular weight excluding hydrogens is 235 g/mol. The first kappa shape index (κ1) is 11.7. The van der Waals surface area contributed by atoms with Crippen molar-refractivity contribution in [2.75, 3.05) is 6.67 Å². The molecule has 7 heteroatoms. The number of halogens is 3. The van der Waals surface area contributed by atoms with Crippen molar-refractivity contribution < 1.29 is 18.3 Å². The fourth-order valence-corrected chi connectivity index (χ4v) is 2.11. The van der Waals surface area contributed by atoms with Crippen molar-refractivity contribution in [1.82, 2.24) is 4.98 Å². The number of H-pyrrole nitrogens is 1. The molecule has 0 aliphatic carbocycles. The van der Waals surface area contributed by atoms with E-state index < -0.39 is 25.1 Å². The molecule has 0 aromatic carbocycles. The third-order valence-electron chi connectivity index (χ3n) is 1.79. The lowest BCUT2D eigenvalue weighted by Gasteiger charge is -2.24. The molecule has 0 saturated heterocycles. The van der Waals surface area contributed by atoms with E-state index in [0.29, 0.717) is 0 Å². The zero-order valence-electron chi connectivity index (χ0n) is 6.97. The van der Waals surface area contributed by atoms with Crippen molar-refractivity contribution in [2.24, 2.45) is 0 Å². The summed E-state index contributed by atoms with van der Waals surface area (Å²) in [5.74, 6) is 0. The zero-order chi connectivity index (χ0) is 10.8. The molecule has 14 heavy (non-hydrogen) atoms. The van der Waals surface area contributed by atoms with Crippen LogP contribution in [0.25, 0.3) is 0 Å². The van der Waals surface area contributed by atoms with Crippen molar-refractivity contribution in [3.05, 3.63) is 15.0 Å². The highest BCUT2D eigenvalue weighted by Crippen LogP contribution is 2.34. The molecule has 0 aliphatic heterocycles. The second-order valence-corrected chi connectivity index (χ2v) is 4.43. The van der Waals surface area contributed by atoms with Crippen LogP contribution in [0.2, 0.25) is 0 Å². The standard InChI is InChI=1S/C7H8F3NOS2/c8-2-1-7(12,5(9)10)4-3-11-6(13)14-4/h3,5,12H,1-2H2,(H,11,13). The van der Waals surface area contributed by atoms with Gasteiger partial charge in [0.25, 0.3) is 6.43 Å². The van der Waals surface area contributed by atoms with Gasteiger partial charge < -0.3 is 10.1 Å². The minimum Gasteiger partial charge on any atom is -0.378 e. The third-order valence-corrected chi connectivity index (χ3v) is 3.15. The average Bonchev–Trinajstić information content (AvgIpc) is 2.52. The van der Waals surface area contributed by atoms with E-state index in [2.05, 4.69) is 17.2 Å². The first-order valence-corrected chi connectivity index (χ1v) is 4.98. The fourth-order valence-electron chi connectivity index (χ4n) is 0.981. The maximum atomic E-state index is 12.5. The van der Waals surface area contributed by atoms with Gasteiger partial charge in [-0.2, -0.15) is 0 Å². The summed E-state index contributed by atoms with van der Waals surface area (Å²) < 4.78 is 37.3. The predicted octanol–water partition coefficient (Wildman–Crippen LogP) is 2.62. The molecule has 2 N–H and O–H groups in total. The number of aromatic nitrogens is 1. The second-order valence-electron chi connectivity index (χ2n) is 2.71. The smallest absolute Gasteiger partial charge is 0.271 e. The summed E-state index contributed by atoms with van der Waals surface area (Å²) in [5, 5.41) is 9.53. The largest absolute Gasteiger partial charge is 0.378 e. The molecule has 1 rings (SSSR count). The van der Waals surface area contributed by atoms with Gasteiger partial charge in [-0.05, 0) is 12.2 Å². The van der Waals surface area contributed by atoms with Crippen molar-refractivity contribution in [1.29, 1.82) is 0 Å². The lowest BCUT2D eigenvalue weighted by Crippen LogP contribution is -2.33. The maximum absolute atomic E-state index is 12.5. The van der Waals surface area contributed by atoms with Crippen molar-refractivity contribution >= 4 is 23.6 Å². The molecule has 0 saturated carbocycles. The summed E-state index contributed by atoms with van der Waals surface area (Å²) in [5.41, 5.74) is -2.42. The van der Waals surface area contributed by atoms with E-state index in [0.717, 1.165) is 11.3 Å². The molecule has 0 amide bonds. The average molecular weight is 243 g/mol. The Balaban J connectivity index is 3.04. The van der Waals surface area contributed by atoms with Crippen molar-refractivity contribution in [3.63, 3.8) is 0 Å². The van der Waals surface area contributed by atoms with Crippen LogP contribution in [-0.2, 0) is 5.60 Å². The zero-order valence-corrected chi connectivity index (χ0v) is 8.60. The molecule has 0 radical (unpaired) electrons. The van der Waals surface area contributed by atoms with E-state index in [-0.39, 0.29) is 8.83 Å². The summed E-state index contributed by atoms with van der Waals surface area (Å²) in [4.78, 5) is 2.47. The maximum Gasteiger partial charge on any atom is 0.271 e. The van der Waals surface area contributed by atoms with Gasteiger partial charge in [0.2, 0.25) is 0 Å². The Bertz CT molecular complexity index is 351. The van der Waals surface area contributed by atoms with E-state index in [1.165, 1.54) is 6.20 Å². The highest BCUT2D eigenvalue weighted by atomic mass is 32.1. The van der Waals surface area contributed by atoms with Crippen LogP contribution < -0.4 is 0 Å². The van der Waals surface area contributed by atoms with Crippen LogP contribution in [-0.4, -0.2) is 23.2 Å². The van der Waals surface area contributed by atoms with Gasteiger partial charge in [-0.15, -0.1) is 11.3 Å². The molecule has 1 atom stereocenters. The van der Waals surface area contributed by atoms with Crippen LogP contribution in [0.15, 0.2) is 6.20 Å². The SMILES string of the molecule is OC(CCF)(c1c[nH]c(=S)s1)C(F)F. The number of alkyl halides is 3. The summed E-state index contributed by atoms with van der Waals surface area (Å²) in [6, 6.07) is 0. The Morgan fingerprint density at radius 2 is 2.29 bits per heavy atom. The first-order chi connectivity index (χ1) is 6.50. The molecule has 80 valence electrons. The molecule has 1 unspecified atom stereocenters. The normalized spacial score (nSPS) is 15.8. The minimum absolute atomic E-state index is 0.0323. The van der Waals surface area contributed by atoms with Gasteiger partial charge in [0, 0.05) is 12.6 Å². The molecule has 1 heterocycles. The lowest BCUT2D eigenvalue weighted by molar-refractivity contribution is -0.107. The number of hydrogen-bond acceptors (Lipinski definition) is 3. The number of nitrogens with one attached hydrogen (secondary N) is 1. The molecule has 0 fully saturated rings. The van der Waals surface area contributed by atoms with E-state index in [9.17, 15) is 18.3 Å². The number of thiazole rings is 1. The van der Waals surface area contributed by atoms with Crippen molar-refractivity contribution in [3.8, 4) is 0 Å². The monoisotopic (exact) mass is 243 g/mol. The van der Waals surface area contributed by atoms with E-state index >= 15 is 0 Å². The molecule has 1 aromatic rings. The Kier molecular flexibility index (Phi) is 3.68. The molecule has 0 aliphatic rings. The highest BCUT2D eigenvalue weighted by molar-refractivity contribution is 7.73. The molecule has 2 nitrogen and oxygen atoms in total. The van der Waals surface area contributed by atoms with Gasteiger partial charge in [-0.3, -0.25) is 4.39 Å². The summed E-state index contributed by atoms with van der Waals surface area (Å²) in [6.07, 6.45) is -2.47. The fraction of sp³-hybridized carbons (Fsp3) is 0.571. The van der Waals surface area contributed by atoms with Gasteiger partial charge in [0.05, 0.1) is 11.6 Å². The first-order valence-electron chi connectivity index (χ1n) is 3.76. The highest BCUT2D eigenvalue weighted by Gasteiger charge is 2.40. The molecule has 0 bridgehead atoms. The van der Waals surface area contributed by atoms with Gasteiger partial charge in [0.15, 0.2) is 9.56 Å². The summed E-state index contributed by atoms with van der Waals surface area (Å²) in [6.45, 7) is -1.01. The van der Waals surface area contributed by atoms with Crippen LogP contribution in [0.1, 0.15) is 11.3 Å². The predicted molar refractivity (Wildman–Crippen MR) is 50.0 cm³/mol. The molecular formula is C7H8F3NOS2. The number of aromatic amines is 1. The summed E-state index contributed by atoms with van der Waals surface area (Å²) in [7, 11) is 0. The van der Waals surface area contributed by atoms with E-state index in [4.69, 9.17) is 0 Å². The van der Waals surface area contributed by atoms with Crippen LogP contribution in [0.3, 0.4) is 0 Å². The molecule has 0 spiro atoms. The van der Waals surface area contributed by atoms with Crippen LogP contribution in [0, 0.1) is 3.95 Å². The number of rotatable bonds is 4. The Labute approximate surface area is 87.4 Å². The Morgan fingerprint density at radius 1 is 1.64 bits per heavy atom. The van der Waals surface area contributed by atoms with Gasteiger partial charge in [0.1, 0.15) is 0 Å². The van der Waals surface area contributed by atoms with Gasteiger partial charge in [-0.25, -0.2) is 8.78 Å². The lowest BCUT2D eigenvalue weighted by atomic mass is 10.00. The third kappa shape index (κ3) is 2.15. The topological polar surface area (TPSA) is 36.0 Å². The van der Waals surface area contributed by atoms with Crippen LogP contribution in [0.5, 0.6) is 0 Å². The van der Waals surface area contributed by atoms with E-state index in [1.807, 2.05) is 0 Å². The Morgan fingerprint density at radius 3 is 2.64 bits per heavy atom. The number of aliphatic hydroxyl groups is 1. The summed E-state index contributed by atoms with van der Waals surface area (Å²) >= 11 is 5.51. The van der Waals surface area contributed by atoms with Gasteiger partial charge in [-0.1, -0.05) is 0 Å². The van der Waals surface area contributed by atoms with Crippen LogP contribution in [0.4, 0.5) is 13.2 Å². The van der Waals surface area contributed by atoms with Crippen LogP contribution >= 0.6 is 23.6 Å².